The summed E-state index contributed by atoms with van der Waals surface area (Å²) in [5.41, 5.74) is 2.93. The van der Waals surface area contributed by atoms with Crippen molar-refractivity contribution in [2.45, 2.75) is 31.6 Å². The van der Waals surface area contributed by atoms with E-state index in [9.17, 15) is 9.59 Å². The molecule has 2 aromatic carbocycles. The van der Waals surface area contributed by atoms with Gasteiger partial charge < -0.3 is 19.2 Å². The van der Waals surface area contributed by atoms with Crippen LogP contribution < -0.4 is 9.80 Å². The van der Waals surface area contributed by atoms with Crippen LogP contribution in [0.5, 0.6) is 0 Å². The van der Waals surface area contributed by atoms with E-state index in [4.69, 9.17) is 4.52 Å². The minimum Gasteiger partial charge on any atom is -0.368 e. The molecule has 6 rings (SSSR count). The molecule has 3 heterocycles. The normalized spacial score (nSPS) is 20.9. The molecule has 3 aliphatic rings. The van der Waals surface area contributed by atoms with Crippen LogP contribution in [-0.4, -0.2) is 59.6 Å². The Morgan fingerprint density at radius 3 is 2.34 bits per heavy atom. The molecule has 8 nitrogen and oxygen atoms in total. The van der Waals surface area contributed by atoms with E-state index < -0.39 is 0 Å². The first-order valence-corrected chi connectivity index (χ1v) is 12.5. The highest BCUT2D eigenvalue weighted by Gasteiger charge is 2.38. The molecule has 1 aromatic heterocycles. The van der Waals surface area contributed by atoms with Gasteiger partial charge in [0, 0.05) is 62.0 Å². The number of hydrogen-bond acceptors (Lipinski definition) is 6. The molecule has 3 aromatic rings. The third kappa shape index (κ3) is 4.29. The summed E-state index contributed by atoms with van der Waals surface area (Å²) in [6.45, 7) is 3.31. The van der Waals surface area contributed by atoms with E-state index in [1.54, 1.807) is 4.90 Å². The molecule has 180 valence electrons. The zero-order valence-electron chi connectivity index (χ0n) is 19.7. The van der Waals surface area contributed by atoms with Crippen molar-refractivity contribution in [1.82, 2.24) is 15.0 Å². The molecule has 3 fully saturated rings. The van der Waals surface area contributed by atoms with Crippen molar-refractivity contribution in [2.24, 2.45) is 5.92 Å². The van der Waals surface area contributed by atoms with Gasteiger partial charge in [0.2, 0.25) is 23.5 Å². The van der Waals surface area contributed by atoms with Crippen molar-refractivity contribution in [2.75, 3.05) is 42.5 Å². The van der Waals surface area contributed by atoms with Crippen molar-refractivity contribution >= 4 is 23.2 Å². The SMILES string of the molecule is O=C(C1CC(=O)N(c2ccccc2)C1)N1CCN(c2ccc(-c3noc(C4CCC4)n3)cc2)CC1. The number of rotatable bonds is 5. The van der Waals surface area contributed by atoms with Crippen LogP contribution in [0.15, 0.2) is 59.1 Å². The van der Waals surface area contributed by atoms with Gasteiger partial charge in [-0.05, 0) is 49.2 Å². The van der Waals surface area contributed by atoms with Gasteiger partial charge >= 0.3 is 0 Å². The summed E-state index contributed by atoms with van der Waals surface area (Å²) in [6, 6.07) is 17.8. The minimum absolute atomic E-state index is 0.0229. The first kappa shape index (κ1) is 21.8. The number of carbonyl (C=O) groups excluding carboxylic acids is 2. The number of nitrogens with zero attached hydrogens (tertiary/aromatic N) is 5. The van der Waals surface area contributed by atoms with Gasteiger partial charge in [-0.25, -0.2) is 0 Å². The zero-order chi connectivity index (χ0) is 23.8. The topological polar surface area (TPSA) is 82.8 Å². The van der Waals surface area contributed by atoms with Gasteiger partial charge in [0.1, 0.15) is 0 Å². The molecule has 1 atom stereocenters. The predicted molar refractivity (Wildman–Crippen MR) is 132 cm³/mol. The van der Waals surface area contributed by atoms with Gasteiger partial charge in [-0.2, -0.15) is 4.98 Å². The number of para-hydroxylation sites is 1. The van der Waals surface area contributed by atoms with Crippen LogP contribution in [0, 0.1) is 5.92 Å². The van der Waals surface area contributed by atoms with E-state index in [0.717, 1.165) is 48.8 Å². The van der Waals surface area contributed by atoms with Gasteiger partial charge in [0.05, 0.1) is 5.92 Å². The van der Waals surface area contributed by atoms with Crippen LogP contribution >= 0.6 is 0 Å². The standard InChI is InChI=1S/C27H29N5O3/c33-24-17-21(18-32(24)23-7-2-1-3-8-23)27(34)31-15-13-30(14-16-31)22-11-9-19(10-12-22)25-28-26(35-29-25)20-5-4-6-20/h1-3,7-12,20-21H,4-6,13-18H2. The number of amides is 2. The van der Waals surface area contributed by atoms with Crippen LogP contribution in [0.1, 0.15) is 37.5 Å². The van der Waals surface area contributed by atoms with Crippen LogP contribution in [0.25, 0.3) is 11.4 Å². The maximum Gasteiger partial charge on any atom is 0.230 e. The highest BCUT2D eigenvalue weighted by molar-refractivity contribution is 6.00. The van der Waals surface area contributed by atoms with Gasteiger partial charge in [0.15, 0.2) is 0 Å². The third-order valence-electron chi connectivity index (χ3n) is 7.52. The monoisotopic (exact) mass is 471 g/mol. The van der Waals surface area contributed by atoms with Crippen LogP contribution in [0.4, 0.5) is 11.4 Å². The van der Waals surface area contributed by atoms with E-state index in [2.05, 4.69) is 27.2 Å². The average molecular weight is 472 g/mol. The van der Waals surface area contributed by atoms with Gasteiger partial charge in [0.25, 0.3) is 0 Å². The first-order valence-electron chi connectivity index (χ1n) is 12.5. The number of anilines is 2. The smallest absolute Gasteiger partial charge is 0.230 e. The maximum atomic E-state index is 13.1. The summed E-state index contributed by atoms with van der Waals surface area (Å²) in [4.78, 5) is 36.2. The molecule has 2 amide bonds. The van der Waals surface area contributed by atoms with Crippen LogP contribution in [0.2, 0.25) is 0 Å². The molecular formula is C27H29N5O3. The Bertz CT molecular complexity index is 1200. The third-order valence-corrected chi connectivity index (χ3v) is 7.52. The Morgan fingerprint density at radius 2 is 1.66 bits per heavy atom. The summed E-state index contributed by atoms with van der Waals surface area (Å²) in [6.07, 6.45) is 3.80. The second-order valence-electron chi connectivity index (χ2n) is 9.68. The summed E-state index contributed by atoms with van der Waals surface area (Å²) in [5, 5.41) is 4.16. The van der Waals surface area contributed by atoms with Crippen LogP contribution in [0.3, 0.4) is 0 Å². The fourth-order valence-electron chi connectivity index (χ4n) is 5.17. The Labute approximate surface area is 204 Å². The molecule has 8 heteroatoms. The van der Waals surface area contributed by atoms with Crippen molar-refractivity contribution < 1.29 is 14.1 Å². The fraction of sp³-hybridized carbons (Fsp3) is 0.407. The van der Waals surface area contributed by atoms with E-state index in [-0.39, 0.29) is 24.2 Å². The van der Waals surface area contributed by atoms with E-state index in [0.29, 0.717) is 31.4 Å². The molecule has 35 heavy (non-hydrogen) atoms. The molecule has 1 unspecified atom stereocenters. The lowest BCUT2D eigenvalue weighted by atomic mass is 9.85. The molecule has 0 radical (unpaired) electrons. The van der Waals surface area contributed by atoms with Crippen molar-refractivity contribution in [1.29, 1.82) is 0 Å². The molecule has 0 bridgehead atoms. The summed E-state index contributed by atoms with van der Waals surface area (Å²) in [7, 11) is 0. The lowest BCUT2D eigenvalue weighted by Gasteiger charge is -2.37. The number of hydrogen-bond donors (Lipinski definition) is 0. The predicted octanol–water partition coefficient (Wildman–Crippen LogP) is 3.71. The van der Waals surface area contributed by atoms with Crippen molar-refractivity contribution in [3.8, 4) is 11.4 Å². The summed E-state index contributed by atoms with van der Waals surface area (Å²) >= 11 is 0. The Balaban J connectivity index is 1.04. The van der Waals surface area contributed by atoms with Gasteiger partial charge in [-0.3, -0.25) is 9.59 Å². The lowest BCUT2D eigenvalue weighted by molar-refractivity contribution is -0.136. The van der Waals surface area contributed by atoms with E-state index >= 15 is 0 Å². The second kappa shape index (κ2) is 9.17. The maximum absolute atomic E-state index is 13.1. The zero-order valence-corrected chi connectivity index (χ0v) is 19.7. The van der Waals surface area contributed by atoms with E-state index in [1.165, 1.54) is 6.42 Å². The van der Waals surface area contributed by atoms with Crippen LogP contribution in [-0.2, 0) is 9.59 Å². The molecule has 0 spiro atoms. The molecule has 2 saturated heterocycles. The quantitative estimate of drug-likeness (QED) is 0.564. The molecule has 0 N–H and O–H groups in total. The molecular weight excluding hydrogens is 442 g/mol. The largest absolute Gasteiger partial charge is 0.368 e. The van der Waals surface area contributed by atoms with Crippen molar-refractivity contribution in [3.05, 3.63) is 60.5 Å². The van der Waals surface area contributed by atoms with Gasteiger partial charge in [-0.1, -0.05) is 29.8 Å². The number of aromatic nitrogens is 2. The van der Waals surface area contributed by atoms with Crippen molar-refractivity contribution in [3.63, 3.8) is 0 Å². The fourth-order valence-corrected chi connectivity index (χ4v) is 5.17. The number of carbonyl (C=O) groups is 2. The number of benzene rings is 2. The summed E-state index contributed by atoms with van der Waals surface area (Å²) in [5.74, 6) is 1.67. The van der Waals surface area contributed by atoms with Gasteiger partial charge in [-0.15, -0.1) is 0 Å². The molecule has 1 aliphatic carbocycles. The minimum atomic E-state index is -0.270. The second-order valence-corrected chi connectivity index (χ2v) is 9.68. The highest BCUT2D eigenvalue weighted by Crippen LogP contribution is 2.36. The Kier molecular flexibility index (Phi) is 5.72. The first-order chi connectivity index (χ1) is 17.2. The summed E-state index contributed by atoms with van der Waals surface area (Å²) < 4.78 is 5.45. The number of piperazine rings is 1. The molecule has 2 aliphatic heterocycles. The van der Waals surface area contributed by atoms with E-state index in [1.807, 2.05) is 47.4 Å². The lowest BCUT2D eigenvalue weighted by Crippen LogP contribution is -2.50. The highest BCUT2D eigenvalue weighted by atomic mass is 16.5. The Morgan fingerprint density at radius 1 is 0.914 bits per heavy atom. The molecule has 1 saturated carbocycles. The Hall–Kier alpha value is -3.68. The average Bonchev–Trinajstić information content (AvgIpc) is 3.50.